The van der Waals surface area contributed by atoms with Gasteiger partial charge >= 0.3 is 0 Å². The molecule has 18 heavy (non-hydrogen) atoms. The third-order valence-electron chi connectivity index (χ3n) is 3.30. The summed E-state index contributed by atoms with van der Waals surface area (Å²) in [5.74, 6) is 0. The number of benzene rings is 2. The van der Waals surface area contributed by atoms with E-state index in [0.29, 0.717) is 0 Å². The Kier molecular flexibility index (Phi) is 5.38. The van der Waals surface area contributed by atoms with E-state index in [2.05, 4.69) is 64.1 Å². The average molecular weight is 279 g/mol. The van der Waals surface area contributed by atoms with Crippen molar-refractivity contribution >= 4 is 31.6 Å². The topological polar surface area (TPSA) is 0 Å². The lowest BCUT2D eigenvalue weighted by Gasteiger charge is -2.07. The number of hydrogen-bond acceptors (Lipinski definition) is 0. The number of rotatable bonds is 2. The van der Waals surface area contributed by atoms with Crippen LogP contribution in [0.1, 0.15) is 22.3 Å². The minimum atomic E-state index is 0. The number of hydrogen-bond donors (Lipinski definition) is 0. The molecule has 0 N–H and O–H groups in total. The van der Waals surface area contributed by atoms with Gasteiger partial charge in [0.25, 0.3) is 0 Å². The summed E-state index contributed by atoms with van der Waals surface area (Å²) in [6.07, 6.45) is 0. The Hall–Kier alpha value is -0.840. The quantitative estimate of drug-likeness (QED) is 0.729. The van der Waals surface area contributed by atoms with Gasteiger partial charge in [0.1, 0.15) is 0 Å². The molecule has 0 fully saturated rings. The van der Waals surface area contributed by atoms with Gasteiger partial charge in [0.2, 0.25) is 0 Å². The molecule has 0 aliphatic heterocycles. The second kappa shape index (κ2) is 6.36. The zero-order valence-electron chi connectivity index (χ0n) is 11.4. The summed E-state index contributed by atoms with van der Waals surface area (Å²) in [5.41, 5.74) is 5.52. The van der Waals surface area contributed by atoms with Crippen LogP contribution in [-0.2, 0) is 0 Å². The molecule has 2 rings (SSSR count). The summed E-state index contributed by atoms with van der Waals surface area (Å²) < 4.78 is 0. The van der Waals surface area contributed by atoms with Crippen molar-refractivity contribution in [2.75, 3.05) is 0 Å². The van der Waals surface area contributed by atoms with E-state index in [9.17, 15) is 0 Å². The smallest absolute Gasteiger partial charge is 0.0223 e. The third kappa shape index (κ3) is 3.57. The highest BCUT2D eigenvalue weighted by Crippen LogP contribution is 2.15. The minimum absolute atomic E-state index is 0. The fourth-order valence-corrected chi connectivity index (χ4v) is 3.05. The molecular formula is C16H20ClP. The van der Waals surface area contributed by atoms with Crippen LogP contribution in [0.5, 0.6) is 0 Å². The highest BCUT2D eigenvalue weighted by molar-refractivity contribution is 7.55. The Bertz CT molecular complexity index is 497. The van der Waals surface area contributed by atoms with Crippen LogP contribution in [0.25, 0.3) is 0 Å². The highest BCUT2D eigenvalue weighted by atomic mass is 35.5. The van der Waals surface area contributed by atoms with Gasteiger partial charge in [0.05, 0.1) is 0 Å². The molecule has 2 aromatic carbocycles. The summed E-state index contributed by atoms with van der Waals surface area (Å²) >= 11 is 0. The van der Waals surface area contributed by atoms with Crippen molar-refractivity contribution in [3.05, 3.63) is 58.7 Å². The fourth-order valence-electron chi connectivity index (χ4n) is 1.81. The van der Waals surface area contributed by atoms with Crippen LogP contribution in [0.15, 0.2) is 36.4 Å². The lowest BCUT2D eigenvalue weighted by molar-refractivity contribution is 1.35. The number of aryl methyl sites for hydroxylation is 4. The molecule has 0 saturated carbocycles. The predicted molar refractivity (Wildman–Crippen MR) is 86.7 cm³/mol. The van der Waals surface area contributed by atoms with Crippen LogP contribution in [0.4, 0.5) is 0 Å². The van der Waals surface area contributed by atoms with E-state index in [1.807, 2.05) is 0 Å². The molecule has 96 valence electrons. The van der Waals surface area contributed by atoms with Gasteiger partial charge in [-0.25, -0.2) is 0 Å². The molecule has 2 aromatic rings. The molecule has 0 saturated heterocycles. The van der Waals surface area contributed by atoms with Crippen molar-refractivity contribution in [3.8, 4) is 0 Å². The second-order valence-corrected chi connectivity index (χ2v) is 6.13. The van der Waals surface area contributed by atoms with E-state index >= 15 is 0 Å². The maximum atomic E-state index is 2.31. The maximum Gasteiger partial charge on any atom is -0.0223 e. The monoisotopic (exact) mass is 278 g/mol. The first-order valence-corrected chi connectivity index (χ1v) is 6.98. The van der Waals surface area contributed by atoms with Crippen molar-refractivity contribution < 1.29 is 0 Å². The van der Waals surface area contributed by atoms with Gasteiger partial charge in [-0.2, -0.15) is 0 Å². The molecule has 0 aliphatic carbocycles. The van der Waals surface area contributed by atoms with Crippen molar-refractivity contribution in [1.29, 1.82) is 0 Å². The Morgan fingerprint density at radius 3 is 1.33 bits per heavy atom. The minimum Gasteiger partial charge on any atom is -0.147 e. The summed E-state index contributed by atoms with van der Waals surface area (Å²) in [5, 5.41) is 2.85. The van der Waals surface area contributed by atoms with Gasteiger partial charge in [-0.3, -0.25) is 0 Å². The second-order valence-electron chi connectivity index (χ2n) is 4.72. The first-order chi connectivity index (χ1) is 8.06. The van der Waals surface area contributed by atoms with Crippen LogP contribution in [0.3, 0.4) is 0 Å². The standard InChI is InChI=1S/C16H19P.ClH/c1-11-5-7-15(9-13(11)3)17-16-8-6-12(2)14(4)10-16;/h5-10,17H,1-4H3;1H. The summed E-state index contributed by atoms with van der Waals surface area (Å²) in [4.78, 5) is 0. The summed E-state index contributed by atoms with van der Waals surface area (Å²) in [6.45, 7) is 8.70. The van der Waals surface area contributed by atoms with E-state index in [-0.39, 0.29) is 12.4 Å². The molecular weight excluding hydrogens is 259 g/mol. The lowest BCUT2D eigenvalue weighted by atomic mass is 10.1. The van der Waals surface area contributed by atoms with Gasteiger partial charge < -0.3 is 0 Å². The van der Waals surface area contributed by atoms with Gasteiger partial charge in [0.15, 0.2) is 0 Å². The molecule has 0 bridgehead atoms. The largest absolute Gasteiger partial charge is 0.147 e. The first kappa shape index (κ1) is 15.2. The van der Waals surface area contributed by atoms with Crippen LogP contribution >= 0.6 is 21.0 Å². The zero-order chi connectivity index (χ0) is 12.4. The molecule has 0 aromatic heterocycles. The molecule has 0 aliphatic rings. The predicted octanol–water partition coefficient (Wildman–Crippen LogP) is 3.97. The van der Waals surface area contributed by atoms with E-state index in [0.717, 1.165) is 8.58 Å². The summed E-state index contributed by atoms with van der Waals surface area (Å²) in [7, 11) is 0.762. The van der Waals surface area contributed by atoms with Gasteiger partial charge in [-0.05, 0) is 60.6 Å². The Morgan fingerprint density at radius 2 is 1.00 bits per heavy atom. The molecule has 0 amide bonds. The van der Waals surface area contributed by atoms with Gasteiger partial charge in [0, 0.05) is 0 Å². The third-order valence-corrected chi connectivity index (χ3v) is 4.50. The first-order valence-electron chi connectivity index (χ1n) is 5.98. The average Bonchev–Trinajstić information content (AvgIpc) is 2.29. The SMILES string of the molecule is Cc1ccc(Pc2ccc(C)c(C)c2)cc1C.Cl. The van der Waals surface area contributed by atoms with Crippen molar-refractivity contribution in [3.63, 3.8) is 0 Å². The van der Waals surface area contributed by atoms with Crippen molar-refractivity contribution in [2.24, 2.45) is 0 Å². The van der Waals surface area contributed by atoms with Gasteiger partial charge in [-0.15, -0.1) is 12.4 Å². The molecule has 0 unspecified atom stereocenters. The van der Waals surface area contributed by atoms with E-state index in [1.165, 1.54) is 32.9 Å². The zero-order valence-corrected chi connectivity index (χ0v) is 13.2. The fraction of sp³-hybridized carbons (Fsp3) is 0.250. The molecule has 0 spiro atoms. The van der Waals surface area contributed by atoms with E-state index < -0.39 is 0 Å². The van der Waals surface area contributed by atoms with Crippen LogP contribution in [0.2, 0.25) is 0 Å². The molecule has 0 atom stereocenters. The Labute approximate surface area is 118 Å². The van der Waals surface area contributed by atoms with Crippen LogP contribution in [0, 0.1) is 27.7 Å². The molecule has 0 radical (unpaired) electrons. The Morgan fingerprint density at radius 1 is 0.611 bits per heavy atom. The van der Waals surface area contributed by atoms with E-state index in [1.54, 1.807) is 0 Å². The lowest BCUT2D eigenvalue weighted by Crippen LogP contribution is -2.05. The van der Waals surface area contributed by atoms with Gasteiger partial charge in [-0.1, -0.05) is 45.0 Å². The summed E-state index contributed by atoms with van der Waals surface area (Å²) in [6, 6.07) is 13.6. The van der Waals surface area contributed by atoms with Crippen LogP contribution < -0.4 is 10.6 Å². The molecule has 2 heteroatoms. The van der Waals surface area contributed by atoms with E-state index in [4.69, 9.17) is 0 Å². The molecule has 0 heterocycles. The molecule has 0 nitrogen and oxygen atoms in total. The number of halogens is 1. The Balaban J connectivity index is 0.00000162. The normalized spacial score (nSPS) is 10.0. The maximum absolute atomic E-state index is 2.31. The highest BCUT2D eigenvalue weighted by Gasteiger charge is 2.00. The van der Waals surface area contributed by atoms with Crippen molar-refractivity contribution in [2.45, 2.75) is 27.7 Å². The van der Waals surface area contributed by atoms with Crippen molar-refractivity contribution in [1.82, 2.24) is 0 Å². The van der Waals surface area contributed by atoms with Crippen LogP contribution in [-0.4, -0.2) is 0 Å².